The standard InChI is InChI=1S/C17H18FN5O/c1-11-4-5-12(18)7-14(11)22-16-15-17(20-9-19-16)23(10-21-15)8-13-3-2-6-24-13/h4-5,7,9-10,13H,2-3,6,8H2,1H3,(H,19,20,22). The lowest BCUT2D eigenvalue weighted by molar-refractivity contribution is 0.0978. The van der Waals surface area contributed by atoms with Crippen molar-refractivity contribution in [3.8, 4) is 0 Å². The van der Waals surface area contributed by atoms with Crippen LogP contribution in [-0.2, 0) is 11.3 Å². The quantitative estimate of drug-likeness (QED) is 0.797. The molecule has 1 saturated heterocycles. The highest BCUT2D eigenvalue weighted by molar-refractivity contribution is 5.85. The second-order valence-corrected chi connectivity index (χ2v) is 6.01. The zero-order valence-corrected chi connectivity index (χ0v) is 13.4. The van der Waals surface area contributed by atoms with Crippen LogP contribution in [0.15, 0.2) is 30.9 Å². The number of aryl methyl sites for hydroxylation is 1. The summed E-state index contributed by atoms with van der Waals surface area (Å²) in [6.07, 6.45) is 5.60. The summed E-state index contributed by atoms with van der Waals surface area (Å²) in [4.78, 5) is 13.0. The van der Waals surface area contributed by atoms with Gasteiger partial charge in [0.25, 0.3) is 0 Å². The average molecular weight is 327 g/mol. The van der Waals surface area contributed by atoms with Crippen molar-refractivity contribution < 1.29 is 9.13 Å². The molecule has 0 aliphatic carbocycles. The maximum atomic E-state index is 13.5. The minimum atomic E-state index is -0.294. The van der Waals surface area contributed by atoms with Crippen LogP contribution in [0.4, 0.5) is 15.9 Å². The van der Waals surface area contributed by atoms with E-state index in [9.17, 15) is 4.39 Å². The van der Waals surface area contributed by atoms with E-state index in [1.54, 1.807) is 12.4 Å². The first kappa shape index (κ1) is 15.0. The monoisotopic (exact) mass is 327 g/mol. The number of anilines is 2. The number of benzene rings is 1. The predicted molar refractivity (Wildman–Crippen MR) is 88.7 cm³/mol. The van der Waals surface area contributed by atoms with Gasteiger partial charge in [-0.05, 0) is 37.5 Å². The Bertz CT molecular complexity index is 873. The molecule has 4 rings (SSSR count). The summed E-state index contributed by atoms with van der Waals surface area (Å²) in [5, 5.41) is 3.16. The molecular weight excluding hydrogens is 309 g/mol. The highest BCUT2D eigenvalue weighted by Crippen LogP contribution is 2.25. The molecule has 24 heavy (non-hydrogen) atoms. The fraction of sp³-hybridized carbons (Fsp3) is 0.353. The van der Waals surface area contributed by atoms with Crippen LogP contribution in [-0.4, -0.2) is 32.2 Å². The number of nitrogens with zero attached hydrogens (tertiary/aromatic N) is 4. The van der Waals surface area contributed by atoms with E-state index in [4.69, 9.17) is 4.74 Å². The molecule has 0 bridgehead atoms. The molecule has 3 heterocycles. The number of nitrogens with one attached hydrogen (secondary N) is 1. The maximum Gasteiger partial charge on any atom is 0.165 e. The van der Waals surface area contributed by atoms with Gasteiger partial charge >= 0.3 is 0 Å². The van der Waals surface area contributed by atoms with Gasteiger partial charge in [-0.2, -0.15) is 0 Å². The normalized spacial score (nSPS) is 17.5. The zero-order chi connectivity index (χ0) is 16.5. The Kier molecular flexibility index (Phi) is 3.86. The molecule has 6 nitrogen and oxygen atoms in total. The molecule has 124 valence electrons. The lowest BCUT2D eigenvalue weighted by Crippen LogP contribution is -2.14. The van der Waals surface area contributed by atoms with Gasteiger partial charge < -0.3 is 14.6 Å². The van der Waals surface area contributed by atoms with Crippen molar-refractivity contribution in [1.29, 1.82) is 0 Å². The molecule has 2 aromatic heterocycles. The molecule has 0 radical (unpaired) electrons. The minimum Gasteiger partial charge on any atom is -0.376 e. The van der Waals surface area contributed by atoms with Crippen LogP contribution in [0.5, 0.6) is 0 Å². The second kappa shape index (κ2) is 6.16. The van der Waals surface area contributed by atoms with E-state index < -0.39 is 0 Å². The Balaban J connectivity index is 1.66. The summed E-state index contributed by atoms with van der Waals surface area (Å²) >= 11 is 0. The number of hydrogen-bond donors (Lipinski definition) is 1. The van der Waals surface area contributed by atoms with Gasteiger partial charge in [0, 0.05) is 12.3 Å². The molecule has 1 aliphatic rings. The van der Waals surface area contributed by atoms with Crippen molar-refractivity contribution in [3.63, 3.8) is 0 Å². The summed E-state index contributed by atoms with van der Waals surface area (Å²) < 4.78 is 21.2. The van der Waals surface area contributed by atoms with E-state index in [1.165, 1.54) is 18.5 Å². The lowest BCUT2D eigenvalue weighted by Gasteiger charge is -2.11. The van der Waals surface area contributed by atoms with Gasteiger partial charge in [0.05, 0.1) is 19.0 Å². The molecule has 1 aliphatic heterocycles. The number of aromatic nitrogens is 4. The third-order valence-electron chi connectivity index (χ3n) is 4.28. The van der Waals surface area contributed by atoms with E-state index in [2.05, 4.69) is 20.3 Å². The molecule has 7 heteroatoms. The molecule has 1 N–H and O–H groups in total. The van der Waals surface area contributed by atoms with Gasteiger partial charge in [-0.3, -0.25) is 0 Å². The van der Waals surface area contributed by atoms with Gasteiger partial charge in [0.1, 0.15) is 12.1 Å². The van der Waals surface area contributed by atoms with Crippen molar-refractivity contribution in [1.82, 2.24) is 19.5 Å². The minimum absolute atomic E-state index is 0.208. The van der Waals surface area contributed by atoms with Crippen molar-refractivity contribution in [2.24, 2.45) is 0 Å². The lowest BCUT2D eigenvalue weighted by atomic mass is 10.2. The van der Waals surface area contributed by atoms with Crippen LogP contribution in [0.25, 0.3) is 11.2 Å². The van der Waals surface area contributed by atoms with Crippen LogP contribution < -0.4 is 5.32 Å². The molecule has 1 atom stereocenters. The second-order valence-electron chi connectivity index (χ2n) is 6.01. The van der Waals surface area contributed by atoms with Crippen molar-refractivity contribution >= 4 is 22.7 Å². The van der Waals surface area contributed by atoms with Gasteiger partial charge in [-0.25, -0.2) is 19.3 Å². The third-order valence-corrected chi connectivity index (χ3v) is 4.28. The summed E-state index contributed by atoms with van der Waals surface area (Å²) in [6, 6.07) is 4.62. The summed E-state index contributed by atoms with van der Waals surface area (Å²) in [7, 11) is 0. The first-order valence-corrected chi connectivity index (χ1v) is 8.01. The van der Waals surface area contributed by atoms with Crippen molar-refractivity contribution in [3.05, 3.63) is 42.2 Å². The van der Waals surface area contributed by atoms with Gasteiger partial charge in [-0.15, -0.1) is 0 Å². The molecule has 3 aromatic rings. The summed E-state index contributed by atoms with van der Waals surface area (Å²) in [5.41, 5.74) is 3.02. The molecule has 1 unspecified atom stereocenters. The number of hydrogen-bond acceptors (Lipinski definition) is 5. The fourth-order valence-corrected chi connectivity index (χ4v) is 2.97. The highest BCUT2D eigenvalue weighted by atomic mass is 19.1. The molecule has 1 aromatic carbocycles. The van der Waals surface area contributed by atoms with Crippen LogP contribution in [0.3, 0.4) is 0 Å². The van der Waals surface area contributed by atoms with Crippen molar-refractivity contribution in [2.75, 3.05) is 11.9 Å². The average Bonchev–Trinajstić information content (AvgIpc) is 3.22. The van der Waals surface area contributed by atoms with Crippen LogP contribution in [0.1, 0.15) is 18.4 Å². The SMILES string of the molecule is Cc1ccc(F)cc1Nc1ncnc2c1ncn2CC1CCCO1. The van der Waals surface area contributed by atoms with E-state index in [0.717, 1.165) is 37.2 Å². The highest BCUT2D eigenvalue weighted by Gasteiger charge is 2.18. The molecule has 1 fully saturated rings. The smallest absolute Gasteiger partial charge is 0.165 e. The number of ether oxygens (including phenoxy) is 1. The van der Waals surface area contributed by atoms with Crippen LogP contribution in [0.2, 0.25) is 0 Å². The summed E-state index contributed by atoms with van der Waals surface area (Å²) in [5.74, 6) is 0.275. The van der Waals surface area contributed by atoms with Crippen molar-refractivity contribution in [2.45, 2.75) is 32.4 Å². The van der Waals surface area contributed by atoms with Crippen LogP contribution >= 0.6 is 0 Å². The maximum absolute atomic E-state index is 13.5. The molecular formula is C17H18FN5O. The number of halogens is 1. The summed E-state index contributed by atoms with van der Waals surface area (Å²) in [6.45, 7) is 3.46. The van der Waals surface area contributed by atoms with Gasteiger partial charge in [-0.1, -0.05) is 6.07 Å². The Morgan fingerprint density at radius 1 is 1.33 bits per heavy atom. The zero-order valence-electron chi connectivity index (χ0n) is 13.4. The first-order valence-electron chi connectivity index (χ1n) is 8.01. The Labute approximate surface area is 138 Å². The Morgan fingerprint density at radius 2 is 2.25 bits per heavy atom. The van der Waals surface area contributed by atoms with E-state index in [-0.39, 0.29) is 11.9 Å². The van der Waals surface area contributed by atoms with Gasteiger partial charge in [0.2, 0.25) is 0 Å². The van der Waals surface area contributed by atoms with E-state index in [0.29, 0.717) is 17.0 Å². The number of imidazole rings is 1. The molecule has 0 amide bonds. The Hall–Kier alpha value is -2.54. The molecule has 0 spiro atoms. The number of rotatable bonds is 4. The van der Waals surface area contributed by atoms with Crippen LogP contribution in [0, 0.1) is 12.7 Å². The number of fused-ring (bicyclic) bond motifs is 1. The van der Waals surface area contributed by atoms with E-state index >= 15 is 0 Å². The largest absolute Gasteiger partial charge is 0.376 e. The third kappa shape index (κ3) is 2.82. The molecule has 0 saturated carbocycles. The van der Waals surface area contributed by atoms with E-state index in [1.807, 2.05) is 11.5 Å². The first-order chi connectivity index (χ1) is 11.7. The topological polar surface area (TPSA) is 64.9 Å². The van der Waals surface area contributed by atoms with Gasteiger partial charge in [0.15, 0.2) is 17.0 Å². The predicted octanol–water partition coefficient (Wildman–Crippen LogP) is 3.20. The fourth-order valence-electron chi connectivity index (χ4n) is 2.97. The Morgan fingerprint density at radius 3 is 3.08 bits per heavy atom.